The van der Waals surface area contributed by atoms with Crippen LogP contribution in [0.15, 0.2) is 23.1 Å². The van der Waals surface area contributed by atoms with Gasteiger partial charge >= 0.3 is 6.18 Å². The maximum absolute atomic E-state index is 12.8. The predicted octanol–water partition coefficient (Wildman–Crippen LogP) is 2.15. The predicted molar refractivity (Wildman–Crippen MR) is 73.3 cm³/mol. The Morgan fingerprint density at radius 2 is 2.10 bits per heavy atom. The lowest BCUT2D eigenvalue weighted by atomic mass is 10.2. The number of hydrogen-bond donors (Lipinski definition) is 1. The number of hydrogen-bond acceptors (Lipinski definition) is 3. The molecule has 5 nitrogen and oxygen atoms in total. The van der Waals surface area contributed by atoms with E-state index in [0.29, 0.717) is 29.1 Å². The van der Waals surface area contributed by atoms with E-state index < -0.39 is 17.8 Å². The van der Waals surface area contributed by atoms with E-state index in [9.17, 15) is 18.0 Å². The van der Waals surface area contributed by atoms with E-state index in [1.54, 1.807) is 4.57 Å². The van der Waals surface area contributed by atoms with Crippen molar-refractivity contribution in [3.8, 4) is 0 Å². The number of aromatic nitrogens is 2. The van der Waals surface area contributed by atoms with Crippen molar-refractivity contribution in [2.75, 3.05) is 19.5 Å². The fraction of sp³-hybridized carbons (Fsp3) is 0.462. The highest BCUT2D eigenvalue weighted by molar-refractivity contribution is 5.83. The maximum atomic E-state index is 12.8. The van der Waals surface area contributed by atoms with Crippen LogP contribution in [0.5, 0.6) is 0 Å². The van der Waals surface area contributed by atoms with Gasteiger partial charge < -0.3 is 19.6 Å². The van der Waals surface area contributed by atoms with Gasteiger partial charge in [-0.1, -0.05) is 0 Å². The van der Waals surface area contributed by atoms with E-state index in [-0.39, 0.29) is 5.39 Å². The molecular formula is C13H16F3N3O2. The molecule has 21 heavy (non-hydrogen) atoms. The molecule has 2 heterocycles. The molecule has 0 bridgehead atoms. The van der Waals surface area contributed by atoms with Crippen LogP contribution < -0.4 is 11.3 Å². The van der Waals surface area contributed by atoms with Crippen LogP contribution in [-0.4, -0.2) is 29.0 Å². The number of alkyl halides is 3. The van der Waals surface area contributed by atoms with Gasteiger partial charge in [-0.3, -0.25) is 4.79 Å². The van der Waals surface area contributed by atoms with Crippen molar-refractivity contribution < 1.29 is 17.9 Å². The fourth-order valence-corrected chi connectivity index (χ4v) is 2.19. The lowest BCUT2D eigenvalue weighted by molar-refractivity contribution is -0.163. The van der Waals surface area contributed by atoms with Crippen molar-refractivity contribution in [1.29, 1.82) is 0 Å². The highest BCUT2D eigenvalue weighted by Gasteiger charge is 2.38. The molecule has 2 aromatic rings. The van der Waals surface area contributed by atoms with E-state index in [2.05, 4.69) is 0 Å². The second kappa shape index (κ2) is 5.44. The Labute approximate surface area is 118 Å². The average molecular weight is 303 g/mol. The minimum atomic E-state index is -4.48. The topological polar surface area (TPSA) is 62.2 Å². The number of anilines is 1. The molecule has 0 radical (unpaired) electrons. The first-order valence-electron chi connectivity index (χ1n) is 6.33. The van der Waals surface area contributed by atoms with Crippen LogP contribution in [0.2, 0.25) is 0 Å². The third-order valence-electron chi connectivity index (χ3n) is 3.44. The smallest absolute Gasteiger partial charge is 0.385 e. The van der Waals surface area contributed by atoms with E-state index in [1.807, 2.05) is 0 Å². The summed E-state index contributed by atoms with van der Waals surface area (Å²) in [5.74, 6) is 0.316. The molecule has 0 saturated heterocycles. The molecule has 0 saturated carbocycles. The SMILES string of the molecule is COCCn1c(N)cc2c(=O)n(C(C)C(F)(F)F)ccc21. The normalized spacial score (nSPS) is 13.8. The zero-order chi connectivity index (χ0) is 15.8. The molecule has 0 spiro atoms. The molecule has 116 valence electrons. The number of halogens is 3. The first kappa shape index (κ1) is 15.4. The van der Waals surface area contributed by atoms with Crippen LogP contribution in [0.25, 0.3) is 10.9 Å². The van der Waals surface area contributed by atoms with Gasteiger partial charge in [0.15, 0.2) is 0 Å². The van der Waals surface area contributed by atoms with Crippen LogP contribution in [0.3, 0.4) is 0 Å². The Morgan fingerprint density at radius 3 is 2.67 bits per heavy atom. The van der Waals surface area contributed by atoms with E-state index in [1.165, 1.54) is 19.2 Å². The molecule has 0 fully saturated rings. The second-order valence-electron chi connectivity index (χ2n) is 4.76. The van der Waals surface area contributed by atoms with Crippen LogP contribution in [-0.2, 0) is 11.3 Å². The van der Waals surface area contributed by atoms with Crippen molar-refractivity contribution in [3.63, 3.8) is 0 Å². The van der Waals surface area contributed by atoms with Gasteiger partial charge in [-0.25, -0.2) is 0 Å². The van der Waals surface area contributed by atoms with E-state index in [4.69, 9.17) is 10.5 Å². The van der Waals surface area contributed by atoms with Crippen LogP contribution in [0.1, 0.15) is 13.0 Å². The number of ether oxygens (including phenoxy) is 1. The summed E-state index contributed by atoms with van der Waals surface area (Å²) < 4.78 is 45.5. The largest absolute Gasteiger partial charge is 0.408 e. The first-order valence-corrected chi connectivity index (χ1v) is 6.33. The van der Waals surface area contributed by atoms with Gasteiger partial charge in [0, 0.05) is 19.9 Å². The standard InChI is InChI=1S/C13H16F3N3O2/c1-8(13(14,15)16)18-4-3-10-9(12(18)20)7-11(17)19(10)5-6-21-2/h3-4,7-8H,5-6,17H2,1-2H3. The maximum Gasteiger partial charge on any atom is 0.408 e. The number of nitrogens with zero attached hydrogens (tertiary/aromatic N) is 2. The van der Waals surface area contributed by atoms with Crippen LogP contribution in [0, 0.1) is 0 Å². The average Bonchev–Trinajstić information content (AvgIpc) is 2.72. The summed E-state index contributed by atoms with van der Waals surface area (Å²) in [7, 11) is 1.53. The van der Waals surface area contributed by atoms with Crippen molar-refractivity contribution in [1.82, 2.24) is 9.13 Å². The molecule has 0 aliphatic rings. The Hall–Kier alpha value is -1.96. The molecule has 0 aliphatic heterocycles. The molecular weight excluding hydrogens is 287 g/mol. The van der Waals surface area contributed by atoms with Gasteiger partial charge in [-0.2, -0.15) is 13.2 Å². The lowest BCUT2D eigenvalue weighted by Gasteiger charge is -2.18. The van der Waals surface area contributed by atoms with E-state index >= 15 is 0 Å². The highest BCUT2D eigenvalue weighted by atomic mass is 19.4. The molecule has 0 amide bonds. The van der Waals surface area contributed by atoms with Gasteiger partial charge in [0.25, 0.3) is 5.56 Å². The molecule has 2 aromatic heterocycles. The summed E-state index contributed by atoms with van der Waals surface area (Å²) in [6.45, 7) is 1.75. The zero-order valence-electron chi connectivity index (χ0n) is 11.6. The molecule has 0 aromatic carbocycles. The Bertz CT molecular complexity index is 703. The van der Waals surface area contributed by atoms with Crippen molar-refractivity contribution in [2.24, 2.45) is 0 Å². The highest BCUT2D eigenvalue weighted by Crippen LogP contribution is 2.29. The second-order valence-corrected chi connectivity index (χ2v) is 4.76. The summed E-state index contributed by atoms with van der Waals surface area (Å²) in [6, 6.07) is 0.968. The lowest BCUT2D eigenvalue weighted by Crippen LogP contribution is -2.32. The van der Waals surface area contributed by atoms with Crippen molar-refractivity contribution >= 4 is 16.7 Å². The molecule has 1 atom stereocenters. The van der Waals surface area contributed by atoms with Gasteiger partial charge in [-0.05, 0) is 19.1 Å². The monoisotopic (exact) mass is 303 g/mol. The molecule has 8 heteroatoms. The Balaban J connectivity index is 2.57. The van der Waals surface area contributed by atoms with Crippen LogP contribution >= 0.6 is 0 Å². The fourth-order valence-electron chi connectivity index (χ4n) is 2.19. The van der Waals surface area contributed by atoms with Gasteiger partial charge in [0.05, 0.1) is 17.5 Å². The first-order chi connectivity index (χ1) is 9.77. The number of methoxy groups -OCH3 is 1. The number of fused-ring (bicyclic) bond motifs is 1. The molecule has 1 unspecified atom stereocenters. The minimum Gasteiger partial charge on any atom is -0.385 e. The third kappa shape index (κ3) is 2.76. The van der Waals surface area contributed by atoms with Gasteiger partial charge in [0.2, 0.25) is 0 Å². The molecule has 2 N–H and O–H groups in total. The molecule has 0 aliphatic carbocycles. The van der Waals surface area contributed by atoms with Gasteiger partial charge in [-0.15, -0.1) is 0 Å². The number of pyridine rings is 1. The Morgan fingerprint density at radius 1 is 1.43 bits per heavy atom. The minimum absolute atomic E-state index is 0.169. The summed E-state index contributed by atoms with van der Waals surface area (Å²) >= 11 is 0. The summed E-state index contributed by atoms with van der Waals surface area (Å²) in [5, 5.41) is 0.169. The summed E-state index contributed by atoms with van der Waals surface area (Å²) in [6.07, 6.45) is -3.34. The third-order valence-corrected chi connectivity index (χ3v) is 3.44. The van der Waals surface area contributed by atoms with Crippen LogP contribution in [0.4, 0.5) is 19.0 Å². The number of nitrogens with two attached hydrogens (primary N) is 1. The number of rotatable bonds is 4. The zero-order valence-corrected chi connectivity index (χ0v) is 11.6. The molecule has 2 rings (SSSR count). The van der Waals surface area contributed by atoms with Crippen molar-refractivity contribution in [2.45, 2.75) is 25.7 Å². The Kier molecular flexibility index (Phi) is 3.99. The summed E-state index contributed by atoms with van der Waals surface area (Å²) in [5.41, 5.74) is 5.60. The summed E-state index contributed by atoms with van der Waals surface area (Å²) in [4.78, 5) is 12.2. The quantitative estimate of drug-likeness (QED) is 0.941. The van der Waals surface area contributed by atoms with Gasteiger partial charge in [0.1, 0.15) is 11.9 Å². The van der Waals surface area contributed by atoms with Crippen molar-refractivity contribution in [3.05, 3.63) is 28.7 Å². The number of nitrogen functional groups attached to an aromatic ring is 1. The van der Waals surface area contributed by atoms with E-state index in [0.717, 1.165) is 13.1 Å².